The van der Waals surface area contributed by atoms with Gasteiger partial charge in [-0.25, -0.2) is 13.1 Å². The fraction of sp³-hybridized carbons (Fsp3) is 0.0769. The van der Waals surface area contributed by atoms with Crippen molar-refractivity contribution in [3.05, 3.63) is 58.1 Å². The van der Waals surface area contributed by atoms with Gasteiger partial charge in [0, 0.05) is 11.6 Å². The fourth-order valence-corrected chi connectivity index (χ4v) is 3.38. The van der Waals surface area contributed by atoms with Crippen molar-refractivity contribution in [2.45, 2.75) is 11.4 Å². The van der Waals surface area contributed by atoms with Gasteiger partial charge in [-0.2, -0.15) is 0 Å². The number of phenols is 1. The lowest BCUT2D eigenvalue weighted by molar-refractivity contribution is 0.474. The van der Waals surface area contributed by atoms with Gasteiger partial charge in [0.1, 0.15) is 10.6 Å². The normalized spacial score (nSPS) is 11.5. The fourth-order valence-electron chi connectivity index (χ4n) is 1.61. The van der Waals surface area contributed by atoms with Gasteiger partial charge >= 0.3 is 0 Å². The summed E-state index contributed by atoms with van der Waals surface area (Å²) in [6.07, 6.45) is 0. The van der Waals surface area contributed by atoms with Gasteiger partial charge in [-0.05, 0) is 35.9 Å². The molecule has 2 aromatic carbocycles. The molecular weight excluding hydrogens is 321 g/mol. The van der Waals surface area contributed by atoms with E-state index < -0.39 is 10.0 Å². The maximum atomic E-state index is 12.1. The van der Waals surface area contributed by atoms with Gasteiger partial charge in [-0.3, -0.25) is 0 Å². The third-order valence-corrected chi connectivity index (χ3v) is 4.68. The van der Waals surface area contributed by atoms with E-state index >= 15 is 0 Å². The maximum absolute atomic E-state index is 12.1. The number of hydrogen-bond donors (Lipinski definition) is 2. The quantitative estimate of drug-likeness (QED) is 0.904. The van der Waals surface area contributed by atoms with Crippen LogP contribution in [-0.4, -0.2) is 13.5 Å². The zero-order valence-corrected chi connectivity index (χ0v) is 12.5. The highest BCUT2D eigenvalue weighted by molar-refractivity contribution is 7.89. The maximum Gasteiger partial charge on any atom is 0.242 e. The number of halogens is 2. The molecular formula is C13H11Cl2NO3S. The smallest absolute Gasteiger partial charge is 0.242 e. The highest BCUT2D eigenvalue weighted by Crippen LogP contribution is 2.25. The monoisotopic (exact) mass is 331 g/mol. The molecule has 2 aromatic rings. The minimum Gasteiger partial charge on any atom is -0.508 e. The first-order valence-electron chi connectivity index (χ1n) is 5.61. The van der Waals surface area contributed by atoms with Gasteiger partial charge in [0.05, 0.1) is 5.02 Å². The van der Waals surface area contributed by atoms with Crippen LogP contribution in [-0.2, 0) is 16.6 Å². The molecule has 0 fully saturated rings. The Morgan fingerprint density at radius 2 is 1.85 bits per heavy atom. The number of rotatable bonds is 4. The first kappa shape index (κ1) is 15.1. The molecule has 0 aliphatic carbocycles. The molecule has 0 spiro atoms. The van der Waals surface area contributed by atoms with Gasteiger partial charge in [0.15, 0.2) is 0 Å². The van der Waals surface area contributed by atoms with E-state index in [0.717, 1.165) is 0 Å². The van der Waals surface area contributed by atoms with Crippen molar-refractivity contribution in [1.82, 2.24) is 4.72 Å². The Hall–Kier alpha value is -1.27. The molecule has 0 amide bonds. The third kappa shape index (κ3) is 3.64. The van der Waals surface area contributed by atoms with Crippen molar-refractivity contribution in [3.8, 4) is 5.75 Å². The summed E-state index contributed by atoms with van der Waals surface area (Å²) in [7, 11) is -3.77. The minimum atomic E-state index is -3.77. The van der Waals surface area contributed by atoms with Crippen molar-refractivity contribution < 1.29 is 13.5 Å². The lowest BCUT2D eigenvalue weighted by atomic mass is 10.2. The molecule has 0 saturated heterocycles. The molecule has 0 aliphatic heterocycles. The van der Waals surface area contributed by atoms with E-state index in [1.165, 1.54) is 30.3 Å². The van der Waals surface area contributed by atoms with Crippen LogP contribution in [0.4, 0.5) is 0 Å². The molecule has 20 heavy (non-hydrogen) atoms. The average molecular weight is 332 g/mol. The predicted molar refractivity (Wildman–Crippen MR) is 78.6 cm³/mol. The van der Waals surface area contributed by atoms with Crippen molar-refractivity contribution >= 4 is 33.2 Å². The summed E-state index contributed by atoms with van der Waals surface area (Å²) in [4.78, 5) is -0.0770. The second-order valence-corrected chi connectivity index (χ2v) is 6.65. The number of sulfonamides is 1. The molecule has 0 aliphatic rings. The summed E-state index contributed by atoms with van der Waals surface area (Å²) in [5.74, 6) is 0.0717. The van der Waals surface area contributed by atoms with Crippen LogP contribution in [0, 0.1) is 0 Å². The van der Waals surface area contributed by atoms with Gasteiger partial charge < -0.3 is 5.11 Å². The second kappa shape index (κ2) is 6.01. The minimum absolute atomic E-state index is 0.0412. The Labute approximate surface area is 127 Å². The Morgan fingerprint density at radius 3 is 2.55 bits per heavy atom. The highest BCUT2D eigenvalue weighted by Gasteiger charge is 2.18. The molecule has 0 heterocycles. The van der Waals surface area contributed by atoms with E-state index in [1.54, 1.807) is 12.1 Å². The van der Waals surface area contributed by atoms with E-state index in [9.17, 15) is 13.5 Å². The predicted octanol–water partition coefficient (Wildman–Crippen LogP) is 3.18. The van der Waals surface area contributed by atoms with E-state index in [2.05, 4.69) is 4.72 Å². The van der Waals surface area contributed by atoms with Gasteiger partial charge in [-0.1, -0.05) is 35.3 Å². The van der Waals surface area contributed by atoms with Crippen molar-refractivity contribution in [1.29, 1.82) is 0 Å². The SMILES string of the molecule is O=S(=O)(NCc1cccc(O)c1)c1cc(Cl)ccc1Cl. The van der Waals surface area contributed by atoms with Crippen LogP contribution < -0.4 is 4.72 Å². The van der Waals surface area contributed by atoms with Crippen molar-refractivity contribution in [3.63, 3.8) is 0 Å². The molecule has 0 radical (unpaired) electrons. The van der Waals surface area contributed by atoms with Crippen LogP contribution in [0.15, 0.2) is 47.4 Å². The lowest BCUT2D eigenvalue weighted by Gasteiger charge is -2.09. The zero-order valence-electron chi connectivity index (χ0n) is 10.2. The number of benzene rings is 2. The topological polar surface area (TPSA) is 66.4 Å². The molecule has 0 unspecified atom stereocenters. The van der Waals surface area contributed by atoms with Gasteiger partial charge in [-0.15, -0.1) is 0 Å². The molecule has 4 nitrogen and oxygen atoms in total. The summed E-state index contributed by atoms with van der Waals surface area (Å²) in [6.45, 7) is 0.0412. The van der Waals surface area contributed by atoms with Crippen LogP contribution >= 0.6 is 23.2 Å². The summed E-state index contributed by atoms with van der Waals surface area (Å²) in [6, 6.07) is 10.5. The number of nitrogens with one attached hydrogen (secondary N) is 1. The van der Waals surface area contributed by atoms with Crippen LogP contribution in [0.2, 0.25) is 10.0 Å². The number of aromatic hydroxyl groups is 1. The summed E-state index contributed by atoms with van der Waals surface area (Å²) in [5.41, 5.74) is 0.631. The van der Waals surface area contributed by atoms with Crippen LogP contribution in [0.25, 0.3) is 0 Å². The zero-order chi connectivity index (χ0) is 14.8. The van der Waals surface area contributed by atoms with E-state index in [4.69, 9.17) is 23.2 Å². The molecule has 2 rings (SSSR count). The van der Waals surface area contributed by atoms with E-state index in [0.29, 0.717) is 5.56 Å². The second-order valence-electron chi connectivity index (χ2n) is 4.07. The Bertz CT molecular complexity index is 732. The molecule has 0 atom stereocenters. The summed E-state index contributed by atoms with van der Waals surface area (Å²) >= 11 is 11.6. The average Bonchev–Trinajstić information content (AvgIpc) is 2.39. The molecule has 7 heteroatoms. The molecule has 106 valence electrons. The Kier molecular flexibility index (Phi) is 4.55. The number of phenolic OH excluding ortho intramolecular Hbond substituents is 1. The lowest BCUT2D eigenvalue weighted by Crippen LogP contribution is -2.23. The van der Waals surface area contributed by atoms with Gasteiger partial charge in [0.2, 0.25) is 10.0 Å². The summed E-state index contributed by atoms with van der Waals surface area (Å²) in [5, 5.41) is 9.70. The first-order chi connectivity index (χ1) is 9.38. The van der Waals surface area contributed by atoms with Gasteiger partial charge in [0.25, 0.3) is 0 Å². The number of hydrogen-bond acceptors (Lipinski definition) is 3. The standard InChI is InChI=1S/C13H11Cl2NO3S/c14-10-4-5-12(15)13(7-10)20(18,19)16-8-9-2-1-3-11(17)6-9/h1-7,16-17H,8H2. The van der Waals surface area contributed by atoms with Crippen molar-refractivity contribution in [2.24, 2.45) is 0 Å². The van der Waals surface area contributed by atoms with E-state index in [1.807, 2.05) is 0 Å². The van der Waals surface area contributed by atoms with Crippen LogP contribution in [0.5, 0.6) is 5.75 Å². The first-order valence-corrected chi connectivity index (χ1v) is 7.85. The Morgan fingerprint density at radius 1 is 1.10 bits per heavy atom. The van der Waals surface area contributed by atoms with Crippen molar-refractivity contribution in [2.75, 3.05) is 0 Å². The molecule has 2 N–H and O–H groups in total. The summed E-state index contributed by atoms with van der Waals surface area (Å²) < 4.78 is 26.7. The molecule has 0 saturated carbocycles. The Balaban J connectivity index is 2.21. The highest BCUT2D eigenvalue weighted by atomic mass is 35.5. The third-order valence-electron chi connectivity index (χ3n) is 2.56. The van der Waals surface area contributed by atoms with E-state index in [-0.39, 0.29) is 27.2 Å². The molecule has 0 aromatic heterocycles. The molecule has 0 bridgehead atoms. The van der Waals surface area contributed by atoms with Crippen LogP contribution in [0.1, 0.15) is 5.56 Å². The largest absolute Gasteiger partial charge is 0.508 e. The van der Waals surface area contributed by atoms with Crippen LogP contribution in [0.3, 0.4) is 0 Å².